The summed E-state index contributed by atoms with van der Waals surface area (Å²) in [5, 5.41) is 10.5. The summed E-state index contributed by atoms with van der Waals surface area (Å²) in [6, 6.07) is -0.713. The standard InChI is InChI=1S/C7H14N2O6S/c1-16(13,14)4-2-3-8-7(12)9-15-5-6(10)11/h2-5H2,1H3,(H,10,11)(H2,8,9,12). The van der Waals surface area contributed by atoms with Gasteiger partial charge in [0.25, 0.3) is 0 Å². The van der Waals surface area contributed by atoms with Crippen LogP contribution in [0.4, 0.5) is 4.79 Å². The Hall–Kier alpha value is -1.35. The van der Waals surface area contributed by atoms with Crippen LogP contribution in [0.25, 0.3) is 0 Å². The Morgan fingerprint density at radius 2 is 2.00 bits per heavy atom. The summed E-state index contributed by atoms with van der Waals surface area (Å²) in [5.41, 5.74) is 1.83. The van der Waals surface area contributed by atoms with E-state index in [0.29, 0.717) is 0 Å². The van der Waals surface area contributed by atoms with Crippen molar-refractivity contribution in [3.8, 4) is 0 Å². The minimum Gasteiger partial charge on any atom is -0.479 e. The minimum absolute atomic E-state index is 0.0245. The third-order valence-electron chi connectivity index (χ3n) is 1.34. The van der Waals surface area contributed by atoms with Crippen molar-refractivity contribution in [1.82, 2.24) is 10.8 Å². The van der Waals surface area contributed by atoms with E-state index in [1.807, 2.05) is 5.48 Å². The molecular formula is C7H14N2O6S. The van der Waals surface area contributed by atoms with Crippen LogP contribution in [0.15, 0.2) is 0 Å². The molecule has 0 fully saturated rings. The number of hydrogen-bond acceptors (Lipinski definition) is 5. The molecule has 0 aromatic heterocycles. The van der Waals surface area contributed by atoms with Gasteiger partial charge in [-0.2, -0.15) is 0 Å². The number of rotatable bonds is 7. The van der Waals surface area contributed by atoms with E-state index in [1.165, 1.54) is 0 Å². The first kappa shape index (κ1) is 14.6. The molecule has 8 nitrogen and oxygen atoms in total. The smallest absolute Gasteiger partial charge is 0.338 e. The van der Waals surface area contributed by atoms with Crippen molar-refractivity contribution in [2.75, 3.05) is 25.2 Å². The monoisotopic (exact) mass is 254 g/mol. The SMILES string of the molecule is CS(=O)(=O)CCCNC(=O)NOCC(=O)O. The first-order valence-electron chi connectivity index (χ1n) is 4.36. The topological polar surface area (TPSA) is 122 Å². The summed E-state index contributed by atoms with van der Waals surface area (Å²) in [6.45, 7) is -0.480. The van der Waals surface area contributed by atoms with E-state index in [1.54, 1.807) is 0 Å². The molecule has 16 heavy (non-hydrogen) atoms. The van der Waals surface area contributed by atoms with Gasteiger partial charge >= 0.3 is 12.0 Å². The molecule has 3 N–H and O–H groups in total. The van der Waals surface area contributed by atoms with Crippen molar-refractivity contribution in [3.05, 3.63) is 0 Å². The predicted molar refractivity (Wildman–Crippen MR) is 54.5 cm³/mol. The van der Waals surface area contributed by atoms with Crippen molar-refractivity contribution in [3.63, 3.8) is 0 Å². The Morgan fingerprint density at radius 1 is 1.38 bits per heavy atom. The number of sulfone groups is 1. The fraction of sp³-hybridized carbons (Fsp3) is 0.714. The van der Waals surface area contributed by atoms with Gasteiger partial charge in [-0.3, -0.25) is 4.84 Å². The van der Waals surface area contributed by atoms with Gasteiger partial charge in [0.05, 0.1) is 5.75 Å². The maximum atomic E-state index is 10.9. The van der Waals surface area contributed by atoms with Crippen molar-refractivity contribution >= 4 is 21.8 Å². The summed E-state index contributed by atoms with van der Waals surface area (Å²) in [4.78, 5) is 25.1. The van der Waals surface area contributed by atoms with Crippen molar-refractivity contribution < 1.29 is 28.0 Å². The Balaban J connectivity index is 3.48. The number of carbonyl (C=O) groups excluding carboxylic acids is 1. The lowest BCUT2D eigenvalue weighted by Gasteiger charge is -2.05. The van der Waals surface area contributed by atoms with E-state index in [4.69, 9.17) is 5.11 Å². The van der Waals surface area contributed by atoms with Gasteiger partial charge in [-0.1, -0.05) is 0 Å². The van der Waals surface area contributed by atoms with Crippen LogP contribution in [0.5, 0.6) is 0 Å². The highest BCUT2D eigenvalue weighted by molar-refractivity contribution is 7.90. The highest BCUT2D eigenvalue weighted by atomic mass is 32.2. The Morgan fingerprint density at radius 3 is 2.50 bits per heavy atom. The predicted octanol–water partition coefficient (Wildman–Crippen LogP) is -1.26. The summed E-state index contributed by atoms with van der Waals surface area (Å²) < 4.78 is 21.4. The van der Waals surface area contributed by atoms with Crippen LogP contribution in [0.1, 0.15) is 6.42 Å². The van der Waals surface area contributed by atoms with Crippen molar-refractivity contribution in [1.29, 1.82) is 0 Å². The molecule has 0 saturated carbocycles. The van der Waals surface area contributed by atoms with Crippen molar-refractivity contribution in [2.45, 2.75) is 6.42 Å². The second-order valence-corrected chi connectivity index (χ2v) is 5.28. The lowest BCUT2D eigenvalue weighted by Crippen LogP contribution is -2.37. The van der Waals surface area contributed by atoms with Crippen LogP contribution in [-0.4, -0.2) is 50.7 Å². The Kier molecular flexibility index (Phi) is 6.42. The van der Waals surface area contributed by atoms with Gasteiger partial charge in [-0.25, -0.2) is 23.5 Å². The highest BCUT2D eigenvalue weighted by Crippen LogP contribution is 1.86. The molecule has 0 aliphatic rings. The molecule has 0 aromatic carbocycles. The molecule has 0 radical (unpaired) electrons. The Labute approximate surface area is 92.8 Å². The molecule has 0 atom stereocenters. The second kappa shape index (κ2) is 7.01. The average molecular weight is 254 g/mol. The van der Waals surface area contributed by atoms with Crippen LogP contribution >= 0.6 is 0 Å². The highest BCUT2D eigenvalue weighted by Gasteiger charge is 2.04. The minimum atomic E-state index is -3.03. The van der Waals surface area contributed by atoms with Gasteiger partial charge in [-0.05, 0) is 6.42 Å². The first-order chi connectivity index (χ1) is 7.31. The molecule has 9 heteroatoms. The lowest BCUT2D eigenvalue weighted by atomic mass is 10.5. The van der Waals surface area contributed by atoms with E-state index in [2.05, 4.69) is 10.2 Å². The maximum absolute atomic E-state index is 10.9. The molecule has 0 spiro atoms. The molecule has 0 rings (SSSR count). The largest absolute Gasteiger partial charge is 0.479 e. The van der Waals surface area contributed by atoms with Crippen LogP contribution in [0, 0.1) is 0 Å². The van der Waals surface area contributed by atoms with Crippen molar-refractivity contribution in [2.24, 2.45) is 0 Å². The lowest BCUT2D eigenvalue weighted by molar-refractivity contribution is -0.144. The summed E-state index contributed by atoms with van der Waals surface area (Å²) >= 11 is 0. The van der Waals surface area contributed by atoms with E-state index in [0.717, 1.165) is 6.26 Å². The molecule has 0 saturated heterocycles. The zero-order valence-electron chi connectivity index (χ0n) is 8.73. The second-order valence-electron chi connectivity index (χ2n) is 3.02. The quantitative estimate of drug-likeness (QED) is 0.385. The van der Waals surface area contributed by atoms with Gasteiger partial charge in [-0.15, -0.1) is 0 Å². The van der Waals surface area contributed by atoms with Gasteiger partial charge in [0, 0.05) is 12.8 Å². The van der Waals surface area contributed by atoms with Crippen LogP contribution < -0.4 is 10.8 Å². The summed E-state index contributed by atoms with van der Waals surface area (Å²) in [5.74, 6) is -1.24. The zero-order chi connectivity index (χ0) is 12.6. The number of carboxylic acid groups (broad SMARTS) is 1. The summed E-state index contributed by atoms with van der Waals surface area (Å²) in [7, 11) is -3.03. The maximum Gasteiger partial charge on any atom is 0.338 e. The first-order valence-corrected chi connectivity index (χ1v) is 6.42. The van der Waals surface area contributed by atoms with E-state index < -0.39 is 28.4 Å². The van der Waals surface area contributed by atoms with E-state index in [9.17, 15) is 18.0 Å². The zero-order valence-corrected chi connectivity index (χ0v) is 9.54. The van der Waals surface area contributed by atoms with Gasteiger partial charge in [0.1, 0.15) is 9.84 Å². The molecule has 0 bridgehead atoms. The number of nitrogens with one attached hydrogen (secondary N) is 2. The number of hydroxylamine groups is 1. The summed E-state index contributed by atoms with van der Waals surface area (Å²) in [6.07, 6.45) is 1.38. The van der Waals surface area contributed by atoms with E-state index >= 15 is 0 Å². The molecule has 2 amide bonds. The number of carboxylic acids is 1. The molecule has 0 aliphatic heterocycles. The molecule has 0 heterocycles. The Bertz CT molecular complexity index is 339. The molecule has 0 aliphatic carbocycles. The van der Waals surface area contributed by atoms with Gasteiger partial charge in [0.15, 0.2) is 6.61 Å². The average Bonchev–Trinajstić information content (AvgIpc) is 2.10. The fourth-order valence-corrected chi connectivity index (χ4v) is 1.40. The molecular weight excluding hydrogens is 240 g/mol. The molecule has 94 valence electrons. The van der Waals surface area contributed by atoms with Crippen LogP contribution in [-0.2, 0) is 19.5 Å². The molecule has 0 aromatic rings. The third kappa shape index (κ3) is 10.7. The number of amides is 2. The van der Waals surface area contributed by atoms with Crippen LogP contribution in [0.2, 0.25) is 0 Å². The number of urea groups is 1. The normalized spacial score (nSPS) is 10.8. The number of carbonyl (C=O) groups is 2. The number of aliphatic carboxylic acids is 1. The van der Waals surface area contributed by atoms with Gasteiger partial charge in [0.2, 0.25) is 0 Å². The molecule has 0 unspecified atom stereocenters. The third-order valence-corrected chi connectivity index (χ3v) is 2.37. The van der Waals surface area contributed by atoms with E-state index in [-0.39, 0.29) is 18.7 Å². The fourth-order valence-electron chi connectivity index (χ4n) is 0.736. The number of hydrogen-bond donors (Lipinski definition) is 3. The van der Waals surface area contributed by atoms with Crippen LogP contribution in [0.3, 0.4) is 0 Å². The van der Waals surface area contributed by atoms with Gasteiger partial charge < -0.3 is 10.4 Å².